The number of fused-ring (bicyclic) bond motifs is 2. The van der Waals surface area contributed by atoms with Gasteiger partial charge < -0.3 is 9.88 Å². The lowest BCUT2D eigenvalue weighted by atomic mass is 9.98. The number of nitrogens with zero attached hydrogens (tertiary/aromatic N) is 1. The zero-order chi connectivity index (χ0) is 22.5. The molecule has 0 atom stereocenters. The number of amides is 1. The number of carbonyl (C=O) groups is 2. The van der Waals surface area contributed by atoms with Gasteiger partial charge in [0.05, 0.1) is 11.3 Å². The number of Topliss-reactive ketones (excluding diaryl/α,β-unsaturated/α-hetero) is 1. The zero-order valence-electron chi connectivity index (χ0n) is 18.9. The third kappa shape index (κ3) is 4.31. The summed E-state index contributed by atoms with van der Waals surface area (Å²) in [6, 6.07) is 22.0. The third-order valence-electron chi connectivity index (χ3n) is 6.02. The van der Waals surface area contributed by atoms with E-state index >= 15 is 0 Å². The van der Waals surface area contributed by atoms with Crippen LogP contribution in [-0.4, -0.2) is 34.7 Å². The first-order chi connectivity index (χ1) is 15.6. The molecule has 0 saturated heterocycles. The highest BCUT2D eigenvalue weighted by Crippen LogP contribution is 2.33. The van der Waals surface area contributed by atoms with E-state index in [-0.39, 0.29) is 0 Å². The fourth-order valence-corrected chi connectivity index (χ4v) is 4.20. The summed E-state index contributed by atoms with van der Waals surface area (Å²) in [5.74, 6) is -0.837. The smallest absolute Gasteiger partial charge is 0.295 e. The Hall–Kier alpha value is -3.40. The van der Waals surface area contributed by atoms with Crippen molar-refractivity contribution in [3.8, 4) is 11.3 Å². The number of hydrogen-bond donors (Lipinski definition) is 1. The van der Waals surface area contributed by atoms with Crippen LogP contribution < -0.4 is 0 Å². The second-order valence-electron chi connectivity index (χ2n) is 8.31. The molecule has 0 unspecified atom stereocenters. The number of H-pyrrole nitrogens is 1. The second-order valence-corrected chi connectivity index (χ2v) is 8.31. The number of para-hydroxylation sites is 1. The van der Waals surface area contributed by atoms with Gasteiger partial charge in [-0.05, 0) is 41.3 Å². The van der Waals surface area contributed by atoms with Crippen LogP contribution in [0.2, 0.25) is 0 Å². The van der Waals surface area contributed by atoms with Gasteiger partial charge in [-0.25, -0.2) is 0 Å². The van der Waals surface area contributed by atoms with E-state index in [1.807, 2.05) is 42.5 Å². The number of ketones is 1. The molecule has 0 spiro atoms. The molecule has 4 rings (SSSR count). The Bertz CT molecular complexity index is 1250. The average Bonchev–Trinajstić information content (AvgIpc) is 3.22. The molecule has 0 fully saturated rings. The molecular weight excluding hydrogens is 396 g/mol. The molecule has 0 saturated carbocycles. The van der Waals surface area contributed by atoms with E-state index in [1.54, 1.807) is 4.90 Å². The van der Waals surface area contributed by atoms with Gasteiger partial charge >= 0.3 is 0 Å². The highest BCUT2D eigenvalue weighted by Gasteiger charge is 2.28. The van der Waals surface area contributed by atoms with Crippen molar-refractivity contribution >= 4 is 33.4 Å². The van der Waals surface area contributed by atoms with Crippen LogP contribution in [0.5, 0.6) is 0 Å². The first-order valence-electron chi connectivity index (χ1n) is 11.6. The van der Waals surface area contributed by atoms with Gasteiger partial charge in [-0.15, -0.1) is 0 Å². The quantitative estimate of drug-likeness (QED) is 0.242. The Morgan fingerprint density at radius 3 is 2.19 bits per heavy atom. The molecule has 1 amide bonds. The number of aromatic amines is 1. The lowest BCUT2D eigenvalue weighted by molar-refractivity contribution is -0.126. The van der Waals surface area contributed by atoms with E-state index in [4.69, 9.17) is 0 Å². The molecule has 0 aliphatic heterocycles. The van der Waals surface area contributed by atoms with Crippen molar-refractivity contribution < 1.29 is 9.59 Å². The molecule has 4 aromatic rings. The number of rotatable bonds is 9. The predicted molar refractivity (Wildman–Crippen MR) is 132 cm³/mol. The minimum Gasteiger partial charge on any atom is -0.354 e. The monoisotopic (exact) mass is 426 g/mol. The Morgan fingerprint density at radius 1 is 0.812 bits per heavy atom. The van der Waals surface area contributed by atoms with Crippen LogP contribution >= 0.6 is 0 Å². The molecule has 4 nitrogen and oxygen atoms in total. The van der Waals surface area contributed by atoms with Crippen LogP contribution in [0.3, 0.4) is 0 Å². The second kappa shape index (κ2) is 9.82. The molecule has 0 aliphatic carbocycles. The fourth-order valence-electron chi connectivity index (χ4n) is 4.20. The normalized spacial score (nSPS) is 11.2. The summed E-state index contributed by atoms with van der Waals surface area (Å²) in [7, 11) is 0. The maximum Gasteiger partial charge on any atom is 0.295 e. The van der Waals surface area contributed by atoms with E-state index in [9.17, 15) is 9.59 Å². The first kappa shape index (κ1) is 21.8. The van der Waals surface area contributed by atoms with Crippen molar-refractivity contribution in [2.45, 2.75) is 39.5 Å². The van der Waals surface area contributed by atoms with E-state index in [0.29, 0.717) is 24.3 Å². The number of nitrogens with one attached hydrogen (secondary N) is 1. The van der Waals surface area contributed by atoms with Crippen LogP contribution in [0.1, 0.15) is 49.9 Å². The molecule has 164 valence electrons. The fraction of sp³-hybridized carbons (Fsp3) is 0.286. The zero-order valence-corrected chi connectivity index (χ0v) is 18.9. The number of benzene rings is 3. The minimum absolute atomic E-state index is 0.404. The van der Waals surface area contributed by atoms with Crippen molar-refractivity contribution in [1.29, 1.82) is 0 Å². The van der Waals surface area contributed by atoms with Crippen molar-refractivity contribution in [3.63, 3.8) is 0 Å². The summed E-state index contributed by atoms with van der Waals surface area (Å²) in [6.45, 7) is 5.44. The Morgan fingerprint density at radius 2 is 1.47 bits per heavy atom. The highest BCUT2D eigenvalue weighted by molar-refractivity contribution is 6.46. The SMILES string of the molecule is CCCCN(CCCC)C(=O)C(=O)c1c(-c2ccc3ccccc3c2)[nH]c2ccccc12. The van der Waals surface area contributed by atoms with Crippen molar-refractivity contribution in [3.05, 3.63) is 72.3 Å². The van der Waals surface area contributed by atoms with E-state index < -0.39 is 11.7 Å². The molecular formula is C28H30N2O2. The van der Waals surface area contributed by atoms with Gasteiger partial charge in [-0.2, -0.15) is 0 Å². The van der Waals surface area contributed by atoms with Gasteiger partial charge in [0, 0.05) is 24.0 Å². The summed E-state index contributed by atoms with van der Waals surface area (Å²) in [6.07, 6.45) is 3.77. The minimum atomic E-state index is -0.433. The lowest BCUT2D eigenvalue weighted by Crippen LogP contribution is -2.38. The summed E-state index contributed by atoms with van der Waals surface area (Å²) in [4.78, 5) is 32.1. The molecule has 3 aromatic carbocycles. The highest BCUT2D eigenvalue weighted by atomic mass is 16.2. The summed E-state index contributed by atoms with van der Waals surface area (Å²) >= 11 is 0. The van der Waals surface area contributed by atoms with Gasteiger partial charge in [-0.3, -0.25) is 9.59 Å². The summed E-state index contributed by atoms with van der Waals surface area (Å²) < 4.78 is 0. The van der Waals surface area contributed by atoms with E-state index in [1.165, 1.54) is 0 Å². The van der Waals surface area contributed by atoms with Crippen LogP contribution in [0.15, 0.2) is 66.7 Å². The summed E-state index contributed by atoms with van der Waals surface area (Å²) in [5.41, 5.74) is 2.95. The number of carbonyl (C=O) groups excluding carboxylic acids is 2. The van der Waals surface area contributed by atoms with Crippen LogP contribution in [-0.2, 0) is 4.79 Å². The van der Waals surface area contributed by atoms with Gasteiger partial charge in [0.25, 0.3) is 11.7 Å². The molecule has 1 N–H and O–H groups in total. The molecule has 0 bridgehead atoms. The van der Waals surface area contributed by atoms with Gasteiger partial charge in [-0.1, -0.05) is 81.3 Å². The lowest BCUT2D eigenvalue weighted by Gasteiger charge is -2.21. The number of hydrogen-bond acceptors (Lipinski definition) is 2. The molecule has 0 radical (unpaired) electrons. The Balaban J connectivity index is 1.80. The molecule has 1 heterocycles. The number of aromatic nitrogens is 1. The van der Waals surface area contributed by atoms with Crippen molar-refractivity contribution in [1.82, 2.24) is 9.88 Å². The van der Waals surface area contributed by atoms with Gasteiger partial charge in [0.15, 0.2) is 0 Å². The standard InChI is InChI=1S/C28H30N2O2/c1-3-5-17-30(18-6-4-2)28(32)27(31)25-23-13-9-10-14-24(23)29-26(25)22-16-15-20-11-7-8-12-21(20)19-22/h7-16,19,29H,3-6,17-18H2,1-2H3. The Labute approximate surface area is 189 Å². The predicted octanol–water partition coefficient (Wildman–Crippen LogP) is 6.60. The Kier molecular flexibility index (Phi) is 6.69. The van der Waals surface area contributed by atoms with Crippen LogP contribution in [0.4, 0.5) is 0 Å². The maximum atomic E-state index is 13.6. The van der Waals surface area contributed by atoms with Crippen molar-refractivity contribution in [2.75, 3.05) is 13.1 Å². The first-order valence-corrected chi connectivity index (χ1v) is 11.6. The van der Waals surface area contributed by atoms with Gasteiger partial charge in [0.2, 0.25) is 0 Å². The molecule has 32 heavy (non-hydrogen) atoms. The molecule has 4 heteroatoms. The van der Waals surface area contributed by atoms with E-state index in [0.717, 1.165) is 52.9 Å². The molecule has 1 aromatic heterocycles. The average molecular weight is 427 g/mol. The molecule has 0 aliphatic rings. The number of unbranched alkanes of at least 4 members (excludes halogenated alkanes) is 2. The largest absolute Gasteiger partial charge is 0.354 e. The van der Waals surface area contributed by atoms with Crippen LogP contribution in [0, 0.1) is 0 Å². The van der Waals surface area contributed by atoms with E-state index in [2.05, 4.69) is 43.1 Å². The van der Waals surface area contributed by atoms with Crippen LogP contribution in [0.25, 0.3) is 32.9 Å². The topological polar surface area (TPSA) is 53.2 Å². The summed E-state index contributed by atoms with van der Waals surface area (Å²) in [5, 5.41) is 3.03. The third-order valence-corrected chi connectivity index (χ3v) is 6.02. The maximum absolute atomic E-state index is 13.6. The van der Waals surface area contributed by atoms with Gasteiger partial charge in [0.1, 0.15) is 0 Å². The van der Waals surface area contributed by atoms with Crippen molar-refractivity contribution in [2.24, 2.45) is 0 Å².